The van der Waals surface area contributed by atoms with Crippen molar-refractivity contribution in [3.8, 4) is 0 Å². The molecule has 0 aromatic heterocycles. The summed E-state index contributed by atoms with van der Waals surface area (Å²) in [4.78, 5) is 13.4. The van der Waals surface area contributed by atoms with Crippen molar-refractivity contribution in [1.29, 1.82) is 0 Å². The predicted molar refractivity (Wildman–Crippen MR) is 69.8 cm³/mol. The lowest BCUT2D eigenvalue weighted by molar-refractivity contribution is 0.101. The van der Waals surface area contributed by atoms with Crippen molar-refractivity contribution in [2.75, 3.05) is 32.8 Å². The van der Waals surface area contributed by atoms with Crippen LogP contribution < -0.4 is 11.5 Å². The van der Waals surface area contributed by atoms with Gasteiger partial charge in [-0.15, -0.1) is 0 Å². The molecule has 0 bridgehead atoms. The quantitative estimate of drug-likeness (QED) is 0.569. The highest BCUT2D eigenvalue weighted by molar-refractivity contribution is 5.67. The van der Waals surface area contributed by atoms with Gasteiger partial charge in [0.25, 0.3) is 0 Å². The van der Waals surface area contributed by atoms with Crippen molar-refractivity contribution in [3.63, 3.8) is 0 Å². The first-order valence-corrected chi connectivity index (χ1v) is 6.58. The van der Waals surface area contributed by atoms with Gasteiger partial charge in [-0.3, -0.25) is 0 Å². The molecule has 0 aliphatic rings. The molecule has 0 fully saturated rings. The average molecular weight is 245 g/mol. The van der Waals surface area contributed by atoms with E-state index in [1.165, 1.54) is 0 Å². The van der Waals surface area contributed by atoms with Gasteiger partial charge in [0.05, 0.1) is 6.61 Å². The highest BCUT2D eigenvalue weighted by Gasteiger charge is 2.12. The number of ether oxygens (including phenoxy) is 1. The van der Waals surface area contributed by atoms with Crippen molar-refractivity contribution in [2.45, 2.75) is 39.0 Å². The highest BCUT2D eigenvalue weighted by Crippen LogP contribution is 2.01. The number of hydrogen-bond donors (Lipinski definition) is 2. The van der Waals surface area contributed by atoms with E-state index in [1.54, 1.807) is 4.90 Å². The zero-order valence-corrected chi connectivity index (χ0v) is 11.0. The minimum atomic E-state index is -0.239. The Hall–Kier alpha value is -0.810. The molecule has 5 nitrogen and oxygen atoms in total. The van der Waals surface area contributed by atoms with Crippen LogP contribution in [0.15, 0.2) is 0 Å². The molecule has 0 aliphatic heterocycles. The van der Waals surface area contributed by atoms with Gasteiger partial charge in [0, 0.05) is 19.6 Å². The zero-order valence-electron chi connectivity index (χ0n) is 11.0. The van der Waals surface area contributed by atoms with Crippen molar-refractivity contribution in [3.05, 3.63) is 0 Å². The molecule has 5 heteroatoms. The Bertz CT molecular complexity index is 189. The van der Waals surface area contributed by atoms with E-state index in [4.69, 9.17) is 16.2 Å². The molecule has 0 atom stereocenters. The smallest absolute Gasteiger partial charge is 0.409 e. The Morgan fingerprint density at radius 2 is 1.82 bits per heavy atom. The number of nitrogens with two attached hydrogens (primary N) is 2. The van der Waals surface area contributed by atoms with Crippen molar-refractivity contribution in [2.24, 2.45) is 11.5 Å². The summed E-state index contributed by atoms with van der Waals surface area (Å²) >= 11 is 0. The van der Waals surface area contributed by atoms with Gasteiger partial charge in [0.15, 0.2) is 0 Å². The van der Waals surface area contributed by atoms with Gasteiger partial charge in [-0.05, 0) is 25.8 Å². The minimum Gasteiger partial charge on any atom is -0.449 e. The summed E-state index contributed by atoms with van der Waals surface area (Å²) in [5, 5.41) is 0. The summed E-state index contributed by atoms with van der Waals surface area (Å²) in [6.07, 6.45) is 4.70. The first-order chi connectivity index (χ1) is 8.26. The van der Waals surface area contributed by atoms with Crippen LogP contribution in [0, 0.1) is 0 Å². The van der Waals surface area contributed by atoms with Crippen LogP contribution in [0.25, 0.3) is 0 Å². The Labute approximate surface area is 104 Å². The Kier molecular flexibility index (Phi) is 11.1. The third-order valence-corrected chi connectivity index (χ3v) is 2.51. The largest absolute Gasteiger partial charge is 0.449 e. The number of rotatable bonds is 10. The lowest BCUT2D eigenvalue weighted by Crippen LogP contribution is -2.36. The maximum absolute atomic E-state index is 11.7. The van der Waals surface area contributed by atoms with E-state index >= 15 is 0 Å². The molecule has 0 aromatic carbocycles. The van der Waals surface area contributed by atoms with E-state index in [1.807, 2.05) is 0 Å². The maximum Gasteiger partial charge on any atom is 0.409 e. The van der Waals surface area contributed by atoms with Crippen LogP contribution >= 0.6 is 0 Å². The number of hydrogen-bond acceptors (Lipinski definition) is 4. The fourth-order valence-electron chi connectivity index (χ4n) is 1.47. The third kappa shape index (κ3) is 8.94. The van der Waals surface area contributed by atoms with Gasteiger partial charge >= 0.3 is 6.09 Å². The van der Waals surface area contributed by atoms with E-state index in [-0.39, 0.29) is 6.09 Å². The number of carbonyl (C=O) groups is 1. The van der Waals surface area contributed by atoms with Crippen molar-refractivity contribution in [1.82, 2.24) is 4.90 Å². The third-order valence-electron chi connectivity index (χ3n) is 2.51. The Morgan fingerprint density at radius 1 is 1.06 bits per heavy atom. The van der Waals surface area contributed by atoms with E-state index in [2.05, 4.69) is 6.92 Å². The molecule has 0 spiro atoms. The molecule has 0 unspecified atom stereocenters. The zero-order chi connectivity index (χ0) is 12.9. The highest BCUT2D eigenvalue weighted by atomic mass is 16.6. The van der Waals surface area contributed by atoms with Crippen LogP contribution in [-0.4, -0.2) is 43.8 Å². The molecule has 102 valence electrons. The molecule has 0 heterocycles. The molecule has 0 radical (unpaired) electrons. The lowest BCUT2D eigenvalue weighted by Gasteiger charge is -2.21. The molecule has 4 N–H and O–H groups in total. The number of unbranched alkanes of at least 4 members (excludes halogenated alkanes) is 3. The normalized spacial score (nSPS) is 10.3. The molecule has 0 saturated carbocycles. The Balaban J connectivity index is 3.81. The monoisotopic (exact) mass is 245 g/mol. The lowest BCUT2D eigenvalue weighted by atomic mass is 10.2. The van der Waals surface area contributed by atoms with Crippen molar-refractivity contribution >= 4 is 6.09 Å². The number of amides is 1. The second-order valence-electron chi connectivity index (χ2n) is 4.09. The number of carbonyl (C=O) groups excluding carboxylic acids is 1. The molecule has 0 rings (SSSR count). The van der Waals surface area contributed by atoms with E-state index < -0.39 is 0 Å². The molecule has 17 heavy (non-hydrogen) atoms. The van der Waals surface area contributed by atoms with Gasteiger partial charge in [0.2, 0.25) is 0 Å². The summed E-state index contributed by atoms with van der Waals surface area (Å²) in [5.41, 5.74) is 10.9. The minimum absolute atomic E-state index is 0.239. The molecular formula is C12H27N3O2. The van der Waals surface area contributed by atoms with Crippen LogP contribution in [0.5, 0.6) is 0 Å². The van der Waals surface area contributed by atoms with Crippen LogP contribution in [-0.2, 0) is 4.74 Å². The molecule has 0 saturated heterocycles. The van der Waals surface area contributed by atoms with Gasteiger partial charge < -0.3 is 21.1 Å². The molecule has 0 aromatic rings. The summed E-state index contributed by atoms with van der Waals surface area (Å²) < 4.78 is 5.16. The Morgan fingerprint density at radius 3 is 2.41 bits per heavy atom. The van der Waals surface area contributed by atoms with Crippen LogP contribution in [0.3, 0.4) is 0 Å². The van der Waals surface area contributed by atoms with Gasteiger partial charge in [-0.2, -0.15) is 0 Å². The first kappa shape index (κ1) is 16.2. The summed E-state index contributed by atoms with van der Waals surface area (Å²) in [7, 11) is 0. The van der Waals surface area contributed by atoms with Gasteiger partial charge in [-0.25, -0.2) is 4.79 Å². The van der Waals surface area contributed by atoms with E-state index in [0.29, 0.717) is 32.8 Å². The summed E-state index contributed by atoms with van der Waals surface area (Å²) in [5.74, 6) is 0. The summed E-state index contributed by atoms with van der Waals surface area (Å²) in [6.45, 7) is 5.02. The SMILES string of the molecule is CCCCOC(=O)N(CCN)CCCCCN. The van der Waals surface area contributed by atoms with E-state index in [0.717, 1.165) is 32.1 Å². The van der Waals surface area contributed by atoms with Crippen LogP contribution in [0.4, 0.5) is 4.79 Å². The second kappa shape index (κ2) is 11.7. The molecular weight excluding hydrogens is 218 g/mol. The fourth-order valence-corrected chi connectivity index (χ4v) is 1.47. The molecule has 1 amide bonds. The predicted octanol–water partition coefficient (Wildman–Crippen LogP) is 1.31. The van der Waals surface area contributed by atoms with Gasteiger partial charge in [-0.1, -0.05) is 19.8 Å². The number of nitrogens with zero attached hydrogens (tertiary/aromatic N) is 1. The van der Waals surface area contributed by atoms with Crippen LogP contribution in [0.2, 0.25) is 0 Å². The fraction of sp³-hybridized carbons (Fsp3) is 0.917. The first-order valence-electron chi connectivity index (χ1n) is 6.58. The topological polar surface area (TPSA) is 81.6 Å². The van der Waals surface area contributed by atoms with Crippen molar-refractivity contribution < 1.29 is 9.53 Å². The standard InChI is InChI=1S/C12H27N3O2/c1-2-3-11-17-12(16)15(10-8-14)9-6-4-5-7-13/h2-11,13-14H2,1H3. The molecule has 0 aliphatic carbocycles. The van der Waals surface area contributed by atoms with Crippen LogP contribution in [0.1, 0.15) is 39.0 Å². The average Bonchev–Trinajstić information content (AvgIpc) is 2.33. The van der Waals surface area contributed by atoms with E-state index in [9.17, 15) is 4.79 Å². The van der Waals surface area contributed by atoms with Gasteiger partial charge in [0.1, 0.15) is 0 Å². The maximum atomic E-state index is 11.7. The second-order valence-corrected chi connectivity index (χ2v) is 4.09. The summed E-state index contributed by atoms with van der Waals surface area (Å²) in [6, 6.07) is 0.